The maximum Gasteiger partial charge on any atom is 0.330 e. The average molecular weight is 521 g/mol. The van der Waals surface area contributed by atoms with Gasteiger partial charge >= 0.3 is 6.03 Å². The molecule has 12 heteroatoms. The summed E-state index contributed by atoms with van der Waals surface area (Å²) < 4.78 is 24.2. The monoisotopic (exact) mass is 520 g/mol. The van der Waals surface area contributed by atoms with Gasteiger partial charge in [-0.25, -0.2) is 14.2 Å². The van der Waals surface area contributed by atoms with Gasteiger partial charge in [0.1, 0.15) is 29.0 Å². The third-order valence-corrected chi connectivity index (χ3v) is 6.78. The van der Waals surface area contributed by atoms with Crippen LogP contribution in [0.1, 0.15) is 38.2 Å². The van der Waals surface area contributed by atoms with Crippen LogP contribution >= 0.6 is 11.6 Å². The number of hydrogen-bond donors (Lipinski definition) is 2. The van der Waals surface area contributed by atoms with E-state index in [1.807, 2.05) is 0 Å². The van der Waals surface area contributed by atoms with Gasteiger partial charge in [0, 0.05) is 42.9 Å². The van der Waals surface area contributed by atoms with E-state index in [4.69, 9.17) is 21.1 Å². The van der Waals surface area contributed by atoms with Gasteiger partial charge < -0.3 is 20.1 Å². The first kappa shape index (κ1) is 25.7. The van der Waals surface area contributed by atoms with Gasteiger partial charge in [0.15, 0.2) is 0 Å². The van der Waals surface area contributed by atoms with Gasteiger partial charge in [-0.2, -0.15) is 4.98 Å². The quantitative estimate of drug-likeness (QED) is 0.543. The molecule has 1 aliphatic heterocycles. The van der Waals surface area contributed by atoms with Gasteiger partial charge in [-0.1, -0.05) is 24.4 Å². The fourth-order valence-corrected chi connectivity index (χ4v) is 4.97. The molecule has 2 aromatic rings. The number of alkyl halides is 1. The minimum Gasteiger partial charge on any atom is -0.497 e. The Labute approximate surface area is 214 Å². The summed E-state index contributed by atoms with van der Waals surface area (Å²) in [7, 11) is 2.97. The van der Waals surface area contributed by atoms with Crippen molar-refractivity contribution in [1.82, 2.24) is 15.3 Å². The number of aromatic nitrogens is 2. The van der Waals surface area contributed by atoms with Crippen LogP contribution in [0.3, 0.4) is 0 Å². The van der Waals surface area contributed by atoms with Crippen LogP contribution in [0.4, 0.5) is 26.6 Å². The normalized spacial score (nSPS) is 19.5. The predicted molar refractivity (Wildman–Crippen MR) is 135 cm³/mol. The number of carbonyl (C=O) groups excluding carboxylic acids is 2. The summed E-state index contributed by atoms with van der Waals surface area (Å²) in [5, 5.41) is 6.53. The molecule has 1 aromatic carbocycles. The van der Waals surface area contributed by atoms with Crippen molar-refractivity contribution in [3.05, 3.63) is 28.9 Å². The Morgan fingerprint density at radius 1 is 1.22 bits per heavy atom. The molecule has 2 aliphatic rings. The highest BCUT2D eigenvalue weighted by atomic mass is 35.5. The molecule has 36 heavy (non-hydrogen) atoms. The number of hydrogen-bond acceptors (Lipinski definition) is 7. The lowest BCUT2D eigenvalue weighted by Gasteiger charge is -2.37. The number of halogens is 2. The number of urea groups is 1. The zero-order chi connectivity index (χ0) is 25.8. The van der Waals surface area contributed by atoms with Crippen LogP contribution in [0.2, 0.25) is 5.02 Å². The smallest absolute Gasteiger partial charge is 0.330 e. The number of amides is 3. The molecule has 4 rings (SSSR count). The van der Waals surface area contributed by atoms with Crippen molar-refractivity contribution in [2.75, 3.05) is 42.6 Å². The molecule has 1 aliphatic carbocycles. The van der Waals surface area contributed by atoms with E-state index < -0.39 is 12.7 Å². The van der Waals surface area contributed by atoms with Crippen molar-refractivity contribution in [3.8, 4) is 11.5 Å². The van der Waals surface area contributed by atoms with Gasteiger partial charge in [-0.3, -0.25) is 14.6 Å². The van der Waals surface area contributed by atoms with E-state index in [1.54, 1.807) is 18.3 Å². The topological polar surface area (TPSA) is 109 Å². The summed E-state index contributed by atoms with van der Waals surface area (Å²) in [6.07, 6.45) is 5.37. The molecule has 2 atom stereocenters. The largest absolute Gasteiger partial charge is 0.497 e. The Balaban J connectivity index is 1.66. The number of anilines is 3. The highest BCUT2D eigenvalue weighted by Gasteiger charge is 2.35. The summed E-state index contributed by atoms with van der Waals surface area (Å²) >= 11 is 6.53. The van der Waals surface area contributed by atoms with Crippen molar-refractivity contribution >= 4 is 41.0 Å². The van der Waals surface area contributed by atoms with E-state index in [0.29, 0.717) is 34.5 Å². The lowest BCUT2D eigenvalue weighted by atomic mass is 9.90. The molecule has 2 unspecified atom stereocenters. The number of ether oxygens (including phenoxy) is 2. The molecule has 1 saturated carbocycles. The predicted octanol–water partition coefficient (Wildman–Crippen LogP) is 3.92. The van der Waals surface area contributed by atoms with Gasteiger partial charge in [-0.05, 0) is 12.8 Å². The molecular weight excluding hydrogens is 491 g/mol. The second-order valence-electron chi connectivity index (χ2n) is 8.76. The Morgan fingerprint density at radius 3 is 2.64 bits per heavy atom. The van der Waals surface area contributed by atoms with Crippen LogP contribution in [-0.4, -0.2) is 61.4 Å². The SMILES string of the molecule is COc1cc(OC)c(Cl)c(N2Cc3cnc(NC4CCCCC4NC(C)=O)nc3N(CCF)C2=O)c1. The average Bonchev–Trinajstić information content (AvgIpc) is 2.87. The Hall–Kier alpha value is -3.34. The molecule has 0 radical (unpaired) electrons. The zero-order valence-electron chi connectivity index (χ0n) is 20.5. The zero-order valence-corrected chi connectivity index (χ0v) is 21.3. The molecule has 2 N–H and O–H groups in total. The molecule has 2 heterocycles. The van der Waals surface area contributed by atoms with E-state index >= 15 is 0 Å². The lowest BCUT2D eigenvalue weighted by molar-refractivity contribution is -0.119. The van der Waals surface area contributed by atoms with Crippen LogP contribution < -0.4 is 29.9 Å². The van der Waals surface area contributed by atoms with Gasteiger partial charge in [0.25, 0.3) is 0 Å². The van der Waals surface area contributed by atoms with Crippen molar-refractivity contribution < 1.29 is 23.5 Å². The first-order chi connectivity index (χ1) is 17.4. The summed E-state index contributed by atoms with van der Waals surface area (Å²) in [5.74, 6) is 1.37. The van der Waals surface area contributed by atoms with E-state index in [9.17, 15) is 14.0 Å². The van der Waals surface area contributed by atoms with Crippen LogP contribution in [-0.2, 0) is 11.3 Å². The molecule has 10 nitrogen and oxygen atoms in total. The first-order valence-corrected chi connectivity index (χ1v) is 12.2. The lowest BCUT2D eigenvalue weighted by Crippen LogP contribution is -2.49. The minimum atomic E-state index is -0.756. The highest BCUT2D eigenvalue weighted by molar-refractivity contribution is 6.35. The molecule has 1 aromatic heterocycles. The Bertz CT molecular complexity index is 1140. The van der Waals surface area contributed by atoms with Crippen LogP contribution in [0.15, 0.2) is 18.3 Å². The number of methoxy groups -OCH3 is 2. The third kappa shape index (κ3) is 5.25. The maximum atomic E-state index is 13.6. The van der Waals surface area contributed by atoms with E-state index in [2.05, 4.69) is 20.6 Å². The number of rotatable bonds is 8. The molecule has 0 saturated heterocycles. The maximum absolute atomic E-state index is 13.6. The molecule has 0 spiro atoms. The van der Waals surface area contributed by atoms with Gasteiger partial charge in [0.2, 0.25) is 11.9 Å². The van der Waals surface area contributed by atoms with Crippen LogP contribution in [0.25, 0.3) is 0 Å². The summed E-state index contributed by atoms with van der Waals surface area (Å²) in [6.45, 7) is 0.687. The number of nitrogens with zero attached hydrogens (tertiary/aromatic N) is 4. The molecule has 1 fully saturated rings. The van der Waals surface area contributed by atoms with Gasteiger partial charge in [-0.15, -0.1) is 0 Å². The fraction of sp³-hybridized carbons (Fsp3) is 0.500. The van der Waals surface area contributed by atoms with E-state index in [1.165, 1.54) is 30.9 Å². The molecule has 0 bridgehead atoms. The van der Waals surface area contributed by atoms with Crippen LogP contribution in [0, 0.1) is 0 Å². The summed E-state index contributed by atoms with van der Waals surface area (Å²) in [5.41, 5.74) is 1.00. The second-order valence-corrected chi connectivity index (χ2v) is 9.13. The van der Waals surface area contributed by atoms with E-state index in [-0.39, 0.29) is 36.1 Å². The minimum absolute atomic E-state index is 0.0415. The molecular formula is C24H30ClFN6O4. The standard InChI is InChI=1S/C24H30ClFN6O4/c1-14(33)28-17-6-4-5-7-18(17)29-23-27-12-15-13-32(24(34)31(9-8-26)22(15)30-23)19-10-16(35-2)11-20(36-3)21(19)25/h10-12,17-18H,4-9,13H2,1-3H3,(H,28,33)(H,27,29,30). The third-order valence-electron chi connectivity index (χ3n) is 6.40. The van der Waals surface area contributed by atoms with Crippen LogP contribution in [0.5, 0.6) is 11.5 Å². The Kier molecular flexibility index (Phi) is 7.97. The first-order valence-electron chi connectivity index (χ1n) is 11.8. The van der Waals surface area contributed by atoms with Crippen molar-refractivity contribution in [1.29, 1.82) is 0 Å². The highest BCUT2D eigenvalue weighted by Crippen LogP contribution is 2.41. The number of nitrogens with one attached hydrogen (secondary N) is 2. The Morgan fingerprint density at radius 2 is 1.97 bits per heavy atom. The molecule has 194 valence electrons. The number of fused-ring (bicyclic) bond motifs is 1. The van der Waals surface area contributed by atoms with Crippen molar-refractivity contribution in [3.63, 3.8) is 0 Å². The van der Waals surface area contributed by atoms with Crippen molar-refractivity contribution in [2.45, 2.75) is 51.2 Å². The number of benzene rings is 1. The summed E-state index contributed by atoms with van der Waals surface area (Å²) in [4.78, 5) is 36.9. The summed E-state index contributed by atoms with van der Waals surface area (Å²) in [6, 6.07) is 2.68. The fourth-order valence-electron chi connectivity index (χ4n) is 4.69. The molecule has 3 amide bonds. The van der Waals surface area contributed by atoms with Crippen molar-refractivity contribution in [2.24, 2.45) is 0 Å². The van der Waals surface area contributed by atoms with Gasteiger partial charge in [0.05, 0.1) is 33.0 Å². The second kappa shape index (κ2) is 11.2. The number of carbonyl (C=O) groups is 2. The van der Waals surface area contributed by atoms with E-state index in [0.717, 1.165) is 25.7 Å².